The summed E-state index contributed by atoms with van der Waals surface area (Å²) >= 11 is 0. The number of benzene rings is 1. The highest BCUT2D eigenvalue weighted by atomic mass is 16.3. The van der Waals surface area contributed by atoms with Crippen molar-refractivity contribution in [2.24, 2.45) is 0 Å². The number of aliphatic hydroxyl groups excluding tert-OH is 1. The van der Waals surface area contributed by atoms with Crippen molar-refractivity contribution in [3.8, 4) is 0 Å². The maximum Gasteiger partial charge on any atom is 0.0762 e. The van der Waals surface area contributed by atoms with Gasteiger partial charge in [0.05, 0.1) is 6.10 Å². The molecule has 68 valence electrons. The van der Waals surface area contributed by atoms with E-state index in [1.165, 1.54) is 0 Å². The summed E-state index contributed by atoms with van der Waals surface area (Å²) < 4.78 is 0. The Hall–Kier alpha value is -1.34. The second-order valence-corrected chi connectivity index (χ2v) is 2.97. The minimum atomic E-state index is -0.433. The maximum atomic E-state index is 9.35. The smallest absolute Gasteiger partial charge is 0.0762 e. The summed E-state index contributed by atoms with van der Waals surface area (Å²) in [6.07, 6.45) is 3.11. The fourth-order valence-corrected chi connectivity index (χ4v) is 1.22. The monoisotopic (exact) mass is 174 g/mol. The van der Waals surface area contributed by atoms with Gasteiger partial charge in [0.25, 0.3) is 0 Å². The number of hydrogen-bond donors (Lipinski definition) is 1. The molecule has 1 aromatic rings. The molecule has 1 aromatic carbocycles. The van der Waals surface area contributed by atoms with Crippen molar-refractivity contribution in [3.05, 3.63) is 48.0 Å². The summed E-state index contributed by atoms with van der Waals surface area (Å²) in [6, 6.07) is 5.76. The standard InChI is InChI=1S/C12H14O/c1-4-10-6-7-12(9(3)13)8-11(10)5-2/h4-9,13H,1-2H2,3H3. The third-order valence-electron chi connectivity index (χ3n) is 2.03. The molecule has 0 amide bonds. The van der Waals surface area contributed by atoms with Gasteiger partial charge in [-0.2, -0.15) is 0 Å². The van der Waals surface area contributed by atoms with E-state index in [9.17, 15) is 5.11 Å². The first-order valence-corrected chi connectivity index (χ1v) is 4.26. The Bertz CT molecular complexity index is 324. The summed E-state index contributed by atoms with van der Waals surface area (Å²) in [4.78, 5) is 0. The molecule has 1 heteroatoms. The van der Waals surface area contributed by atoms with Gasteiger partial charge in [0, 0.05) is 0 Å². The van der Waals surface area contributed by atoms with E-state index in [1.54, 1.807) is 19.1 Å². The molecule has 13 heavy (non-hydrogen) atoms. The van der Waals surface area contributed by atoms with Gasteiger partial charge in [-0.15, -0.1) is 0 Å². The molecule has 0 saturated carbocycles. The van der Waals surface area contributed by atoms with Gasteiger partial charge >= 0.3 is 0 Å². The first kappa shape index (κ1) is 9.75. The highest BCUT2D eigenvalue weighted by Crippen LogP contribution is 2.19. The molecule has 0 aliphatic rings. The van der Waals surface area contributed by atoms with E-state index < -0.39 is 6.10 Å². The molecule has 1 rings (SSSR count). The lowest BCUT2D eigenvalue weighted by Gasteiger charge is -2.07. The van der Waals surface area contributed by atoms with Crippen LogP contribution in [0.15, 0.2) is 31.4 Å². The Kier molecular flexibility index (Phi) is 3.04. The average molecular weight is 174 g/mol. The van der Waals surface area contributed by atoms with Crippen LogP contribution in [0, 0.1) is 0 Å². The van der Waals surface area contributed by atoms with E-state index >= 15 is 0 Å². The summed E-state index contributed by atoms with van der Waals surface area (Å²) in [5, 5.41) is 9.35. The van der Waals surface area contributed by atoms with Crippen molar-refractivity contribution in [1.82, 2.24) is 0 Å². The Balaban J connectivity index is 3.20. The lowest BCUT2D eigenvalue weighted by molar-refractivity contribution is 0.199. The summed E-state index contributed by atoms with van der Waals surface area (Å²) in [6.45, 7) is 9.16. The van der Waals surface area contributed by atoms with Crippen molar-refractivity contribution >= 4 is 12.2 Å². The van der Waals surface area contributed by atoms with Gasteiger partial charge in [-0.1, -0.05) is 37.4 Å². The molecule has 0 aliphatic carbocycles. The second kappa shape index (κ2) is 4.06. The zero-order valence-electron chi connectivity index (χ0n) is 7.83. The fraction of sp³-hybridized carbons (Fsp3) is 0.167. The van der Waals surface area contributed by atoms with E-state index in [1.807, 2.05) is 18.2 Å². The van der Waals surface area contributed by atoms with Crippen LogP contribution in [0.25, 0.3) is 12.2 Å². The van der Waals surface area contributed by atoms with Gasteiger partial charge in [0.2, 0.25) is 0 Å². The highest BCUT2D eigenvalue weighted by molar-refractivity contribution is 5.64. The molecule has 0 fully saturated rings. The Morgan fingerprint density at radius 1 is 1.23 bits per heavy atom. The lowest BCUT2D eigenvalue weighted by atomic mass is 10.0. The van der Waals surface area contributed by atoms with Crippen LogP contribution in [0.2, 0.25) is 0 Å². The number of hydrogen-bond acceptors (Lipinski definition) is 1. The third-order valence-corrected chi connectivity index (χ3v) is 2.03. The molecule has 0 aromatic heterocycles. The fourth-order valence-electron chi connectivity index (χ4n) is 1.22. The molecule has 0 heterocycles. The molecular formula is C12H14O. The minimum Gasteiger partial charge on any atom is -0.389 e. The molecule has 0 saturated heterocycles. The van der Waals surface area contributed by atoms with E-state index in [2.05, 4.69) is 13.2 Å². The van der Waals surface area contributed by atoms with Gasteiger partial charge in [-0.25, -0.2) is 0 Å². The maximum absolute atomic E-state index is 9.35. The van der Waals surface area contributed by atoms with Crippen LogP contribution < -0.4 is 0 Å². The Morgan fingerprint density at radius 3 is 2.31 bits per heavy atom. The van der Waals surface area contributed by atoms with Crippen LogP contribution in [0.5, 0.6) is 0 Å². The van der Waals surface area contributed by atoms with Gasteiger partial charge in [0.1, 0.15) is 0 Å². The van der Waals surface area contributed by atoms with E-state index in [0.29, 0.717) is 0 Å². The topological polar surface area (TPSA) is 20.2 Å². The van der Waals surface area contributed by atoms with Crippen molar-refractivity contribution in [2.45, 2.75) is 13.0 Å². The van der Waals surface area contributed by atoms with Crippen LogP contribution >= 0.6 is 0 Å². The van der Waals surface area contributed by atoms with Crippen LogP contribution in [-0.2, 0) is 0 Å². The van der Waals surface area contributed by atoms with Crippen molar-refractivity contribution in [1.29, 1.82) is 0 Å². The predicted octanol–water partition coefficient (Wildman–Crippen LogP) is 3.03. The molecule has 0 radical (unpaired) electrons. The number of aliphatic hydroxyl groups is 1. The molecule has 1 unspecified atom stereocenters. The zero-order valence-corrected chi connectivity index (χ0v) is 7.83. The molecule has 0 bridgehead atoms. The Morgan fingerprint density at radius 2 is 1.85 bits per heavy atom. The third kappa shape index (κ3) is 2.07. The van der Waals surface area contributed by atoms with Crippen LogP contribution in [0.4, 0.5) is 0 Å². The molecular weight excluding hydrogens is 160 g/mol. The van der Waals surface area contributed by atoms with E-state index in [4.69, 9.17) is 0 Å². The Labute approximate surface area is 79.0 Å². The molecule has 1 nitrogen and oxygen atoms in total. The summed E-state index contributed by atoms with van der Waals surface area (Å²) in [5.74, 6) is 0. The average Bonchev–Trinajstić information content (AvgIpc) is 2.16. The van der Waals surface area contributed by atoms with Crippen LogP contribution in [-0.4, -0.2) is 5.11 Å². The van der Waals surface area contributed by atoms with Gasteiger partial charge in [0.15, 0.2) is 0 Å². The van der Waals surface area contributed by atoms with Gasteiger partial charge in [-0.3, -0.25) is 0 Å². The van der Waals surface area contributed by atoms with Crippen molar-refractivity contribution < 1.29 is 5.11 Å². The quantitative estimate of drug-likeness (QED) is 0.746. The van der Waals surface area contributed by atoms with E-state index in [0.717, 1.165) is 16.7 Å². The lowest BCUT2D eigenvalue weighted by Crippen LogP contribution is -1.92. The van der Waals surface area contributed by atoms with Crippen LogP contribution in [0.3, 0.4) is 0 Å². The molecule has 0 aliphatic heterocycles. The van der Waals surface area contributed by atoms with Crippen molar-refractivity contribution in [2.75, 3.05) is 0 Å². The summed E-state index contributed by atoms with van der Waals surface area (Å²) in [7, 11) is 0. The molecule has 0 spiro atoms. The van der Waals surface area contributed by atoms with Crippen molar-refractivity contribution in [3.63, 3.8) is 0 Å². The SMILES string of the molecule is C=Cc1ccc(C(C)O)cc1C=C. The van der Waals surface area contributed by atoms with Gasteiger partial charge in [-0.05, 0) is 29.7 Å². The predicted molar refractivity (Wildman–Crippen MR) is 57.3 cm³/mol. The van der Waals surface area contributed by atoms with Crippen LogP contribution in [0.1, 0.15) is 29.7 Å². The number of rotatable bonds is 3. The highest BCUT2D eigenvalue weighted by Gasteiger charge is 2.02. The molecule has 1 atom stereocenters. The first-order chi connectivity index (χ1) is 6.19. The second-order valence-electron chi connectivity index (χ2n) is 2.97. The van der Waals surface area contributed by atoms with Gasteiger partial charge < -0.3 is 5.11 Å². The molecule has 1 N–H and O–H groups in total. The largest absolute Gasteiger partial charge is 0.389 e. The first-order valence-electron chi connectivity index (χ1n) is 4.26. The minimum absolute atomic E-state index is 0.433. The normalized spacial score (nSPS) is 12.2. The van der Waals surface area contributed by atoms with E-state index in [-0.39, 0.29) is 0 Å². The summed E-state index contributed by atoms with van der Waals surface area (Å²) in [5.41, 5.74) is 2.95. The zero-order chi connectivity index (χ0) is 9.84.